The van der Waals surface area contributed by atoms with Crippen LogP contribution < -0.4 is 10.8 Å². The van der Waals surface area contributed by atoms with E-state index in [1.807, 2.05) is 19.3 Å². The van der Waals surface area contributed by atoms with Gasteiger partial charge in [0.05, 0.1) is 10.8 Å². The van der Waals surface area contributed by atoms with Crippen molar-refractivity contribution in [2.45, 2.75) is 32.1 Å². The van der Waals surface area contributed by atoms with Crippen LogP contribution in [0.1, 0.15) is 36.3 Å². The fourth-order valence-electron chi connectivity index (χ4n) is 2.61. The van der Waals surface area contributed by atoms with Gasteiger partial charge in [0.1, 0.15) is 11.9 Å². The molecule has 3 atom stereocenters. The van der Waals surface area contributed by atoms with Crippen molar-refractivity contribution in [3.63, 3.8) is 0 Å². The highest BCUT2D eigenvalue weighted by Gasteiger charge is 2.41. The summed E-state index contributed by atoms with van der Waals surface area (Å²) in [6, 6.07) is 6.66. The Morgan fingerprint density at radius 3 is 2.62 bits per heavy atom. The summed E-state index contributed by atoms with van der Waals surface area (Å²) in [5.74, 6) is -0.237. The van der Waals surface area contributed by atoms with E-state index in [-0.39, 0.29) is 29.6 Å². The van der Waals surface area contributed by atoms with Crippen LogP contribution in [0, 0.1) is 5.92 Å². The van der Waals surface area contributed by atoms with Gasteiger partial charge >= 0.3 is 0 Å². The van der Waals surface area contributed by atoms with E-state index in [1.165, 1.54) is 11.3 Å². The number of aromatic hydroxyl groups is 1. The molecule has 7 nitrogen and oxygen atoms in total. The third kappa shape index (κ3) is 3.57. The zero-order valence-electron chi connectivity index (χ0n) is 13.3. The Balaban J connectivity index is 1.71. The summed E-state index contributed by atoms with van der Waals surface area (Å²) >= 11 is 1.32. The van der Waals surface area contributed by atoms with Crippen LogP contribution in [0.3, 0.4) is 0 Å². The molecule has 1 amide bonds. The smallest absolute Gasteiger partial charge is 0.233 e. The first kappa shape index (κ1) is 16.8. The lowest BCUT2D eigenvalue weighted by atomic mass is 9.87. The van der Waals surface area contributed by atoms with Gasteiger partial charge in [-0.05, 0) is 23.6 Å². The van der Waals surface area contributed by atoms with Gasteiger partial charge in [-0.1, -0.05) is 37.3 Å². The maximum Gasteiger partial charge on any atom is 0.233 e. The fraction of sp³-hybridized carbons (Fsp3) is 0.375. The molecule has 8 heteroatoms. The van der Waals surface area contributed by atoms with Gasteiger partial charge in [0.25, 0.3) is 0 Å². The molecule has 1 aromatic carbocycles. The second-order valence-electron chi connectivity index (χ2n) is 5.98. The number of hydrogen-bond acceptors (Lipinski definition) is 7. The first-order chi connectivity index (χ1) is 11.5. The second-order valence-corrected chi connectivity index (χ2v) is 7.04. The molecule has 0 bridgehead atoms. The highest BCUT2D eigenvalue weighted by Crippen LogP contribution is 2.40. The van der Waals surface area contributed by atoms with Gasteiger partial charge in [-0.15, -0.1) is 0 Å². The molecule has 0 radical (unpaired) electrons. The average Bonchev–Trinajstić information content (AvgIpc) is 3.20. The topological polar surface area (TPSA) is 107 Å². The number of amides is 1. The standard InChI is InChI=1S/C16H19N3O4S/c1-8(2)12(9-3-5-10(20)6-4-9)14(21)18-16-17-7-11(24-16)13-15(19-22)23-13/h3-8,12-13,15,19-20,22H,1-2H3,(H,17,18,21). The lowest BCUT2D eigenvalue weighted by Crippen LogP contribution is -2.25. The van der Waals surface area contributed by atoms with Crippen LogP contribution >= 0.6 is 11.3 Å². The van der Waals surface area contributed by atoms with Crippen LogP contribution in [-0.2, 0) is 9.53 Å². The van der Waals surface area contributed by atoms with E-state index in [0.29, 0.717) is 5.13 Å². The molecule has 24 heavy (non-hydrogen) atoms. The summed E-state index contributed by atoms with van der Waals surface area (Å²) in [7, 11) is 0. The Kier molecular flexibility index (Phi) is 4.81. The van der Waals surface area contributed by atoms with Gasteiger partial charge in [0.15, 0.2) is 11.4 Å². The number of hydrogen-bond donors (Lipinski definition) is 4. The van der Waals surface area contributed by atoms with Crippen molar-refractivity contribution >= 4 is 22.4 Å². The molecule has 0 aliphatic carbocycles. The van der Waals surface area contributed by atoms with Crippen molar-refractivity contribution in [2.24, 2.45) is 5.92 Å². The fourth-order valence-corrected chi connectivity index (χ4v) is 3.49. The minimum absolute atomic E-state index is 0.0868. The molecular formula is C16H19N3O4S. The van der Waals surface area contributed by atoms with E-state index in [9.17, 15) is 9.90 Å². The molecule has 1 aromatic heterocycles. The van der Waals surface area contributed by atoms with E-state index < -0.39 is 6.23 Å². The van der Waals surface area contributed by atoms with E-state index >= 15 is 0 Å². The SMILES string of the molecule is CC(C)C(C(=O)Nc1ncc(C2OC2NO)s1)c1ccc(O)cc1. The molecule has 1 saturated heterocycles. The van der Waals surface area contributed by atoms with Crippen molar-refractivity contribution in [3.05, 3.63) is 40.9 Å². The van der Waals surface area contributed by atoms with Crippen molar-refractivity contribution in [3.8, 4) is 5.75 Å². The largest absolute Gasteiger partial charge is 0.508 e. The van der Waals surface area contributed by atoms with Gasteiger partial charge in [-0.25, -0.2) is 4.98 Å². The summed E-state index contributed by atoms with van der Waals surface area (Å²) in [5.41, 5.74) is 2.89. The Morgan fingerprint density at radius 2 is 2.04 bits per heavy atom. The molecule has 2 heterocycles. The Bertz CT molecular complexity index is 716. The van der Waals surface area contributed by atoms with Crippen LogP contribution in [-0.4, -0.2) is 27.4 Å². The van der Waals surface area contributed by atoms with Gasteiger partial charge in [0, 0.05) is 6.20 Å². The molecule has 1 aliphatic heterocycles. The Labute approximate surface area is 143 Å². The van der Waals surface area contributed by atoms with Gasteiger partial charge < -0.3 is 20.4 Å². The van der Waals surface area contributed by atoms with Crippen LogP contribution in [0.5, 0.6) is 5.75 Å². The third-order valence-electron chi connectivity index (χ3n) is 3.85. The zero-order valence-corrected chi connectivity index (χ0v) is 14.1. The van der Waals surface area contributed by atoms with Gasteiger partial charge in [-0.2, -0.15) is 5.48 Å². The van der Waals surface area contributed by atoms with Gasteiger partial charge in [0.2, 0.25) is 5.91 Å². The summed E-state index contributed by atoms with van der Waals surface area (Å²) in [5, 5.41) is 21.5. The van der Waals surface area contributed by atoms with Crippen LogP contribution in [0.4, 0.5) is 5.13 Å². The van der Waals surface area contributed by atoms with E-state index in [1.54, 1.807) is 30.5 Å². The molecular weight excluding hydrogens is 330 g/mol. The molecule has 0 spiro atoms. The van der Waals surface area contributed by atoms with E-state index in [2.05, 4.69) is 10.3 Å². The maximum atomic E-state index is 12.7. The van der Waals surface area contributed by atoms with Crippen LogP contribution in [0.15, 0.2) is 30.5 Å². The quantitative estimate of drug-likeness (QED) is 0.472. The number of aromatic nitrogens is 1. The number of rotatable bonds is 6. The Morgan fingerprint density at radius 1 is 1.33 bits per heavy atom. The number of hydroxylamine groups is 1. The highest BCUT2D eigenvalue weighted by molar-refractivity contribution is 7.15. The van der Waals surface area contributed by atoms with E-state index in [4.69, 9.17) is 9.94 Å². The third-order valence-corrected chi connectivity index (χ3v) is 4.83. The molecule has 0 saturated carbocycles. The monoisotopic (exact) mass is 349 g/mol. The highest BCUT2D eigenvalue weighted by atomic mass is 32.1. The summed E-state index contributed by atoms with van der Waals surface area (Å²) in [6.45, 7) is 3.94. The number of carbonyl (C=O) groups excluding carboxylic acids is 1. The molecule has 4 N–H and O–H groups in total. The number of carbonyl (C=O) groups is 1. The first-order valence-corrected chi connectivity index (χ1v) is 8.42. The number of phenols is 1. The molecule has 1 fully saturated rings. The lowest BCUT2D eigenvalue weighted by molar-refractivity contribution is -0.118. The summed E-state index contributed by atoms with van der Waals surface area (Å²) in [4.78, 5) is 17.7. The predicted octanol–water partition coefficient (Wildman–Crippen LogP) is 2.60. The van der Waals surface area contributed by atoms with Gasteiger partial charge in [-0.3, -0.25) is 4.79 Å². The van der Waals surface area contributed by atoms with Crippen molar-refractivity contribution in [1.82, 2.24) is 10.5 Å². The molecule has 1 aliphatic rings. The first-order valence-electron chi connectivity index (χ1n) is 7.60. The minimum atomic E-state index is -0.408. The number of nitrogens with zero attached hydrogens (tertiary/aromatic N) is 1. The Hall–Kier alpha value is -2.00. The number of thiazole rings is 1. The molecule has 3 rings (SSSR count). The predicted molar refractivity (Wildman–Crippen MR) is 89.0 cm³/mol. The number of epoxide rings is 1. The van der Waals surface area contributed by atoms with Crippen molar-refractivity contribution in [1.29, 1.82) is 0 Å². The maximum absolute atomic E-state index is 12.7. The minimum Gasteiger partial charge on any atom is -0.508 e. The second kappa shape index (κ2) is 6.86. The number of anilines is 1. The molecule has 3 unspecified atom stereocenters. The van der Waals surface area contributed by atoms with E-state index in [0.717, 1.165) is 10.4 Å². The van der Waals surface area contributed by atoms with Crippen molar-refractivity contribution in [2.75, 3.05) is 5.32 Å². The summed E-state index contributed by atoms with van der Waals surface area (Å²) < 4.78 is 5.21. The normalized spacial score (nSPS) is 20.8. The summed E-state index contributed by atoms with van der Waals surface area (Å²) in [6.07, 6.45) is 0.998. The van der Waals surface area contributed by atoms with Crippen LogP contribution in [0.25, 0.3) is 0 Å². The number of phenolic OH excluding ortho intramolecular Hbond substituents is 1. The molecule has 2 aromatic rings. The number of nitrogens with one attached hydrogen (secondary N) is 2. The van der Waals surface area contributed by atoms with Crippen LogP contribution in [0.2, 0.25) is 0 Å². The zero-order chi connectivity index (χ0) is 17.3. The number of ether oxygens (including phenoxy) is 1. The number of benzene rings is 1. The van der Waals surface area contributed by atoms with Crippen molar-refractivity contribution < 1.29 is 19.8 Å². The lowest BCUT2D eigenvalue weighted by Gasteiger charge is -2.20. The average molecular weight is 349 g/mol. The molecule has 128 valence electrons.